The zero-order chi connectivity index (χ0) is 13.4. The van der Waals surface area contributed by atoms with Crippen molar-refractivity contribution in [2.45, 2.75) is 52.0 Å². The van der Waals surface area contributed by atoms with E-state index < -0.39 is 4.92 Å². The van der Waals surface area contributed by atoms with E-state index in [2.05, 4.69) is 29.1 Å². The lowest BCUT2D eigenvalue weighted by Crippen LogP contribution is -2.16. The molecule has 1 aromatic heterocycles. The van der Waals surface area contributed by atoms with E-state index in [1.165, 1.54) is 38.1 Å². The minimum absolute atomic E-state index is 0.0869. The maximum absolute atomic E-state index is 10.4. The number of nitrogens with one attached hydrogen (secondary N) is 1. The molecule has 1 rings (SSSR count). The summed E-state index contributed by atoms with van der Waals surface area (Å²) in [5.74, 6) is 0.448. The second-order valence-corrected chi connectivity index (χ2v) is 4.42. The average Bonchev–Trinajstić information content (AvgIpc) is 2.35. The van der Waals surface area contributed by atoms with Crippen molar-refractivity contribution in [2.24, 2.45) is 0 Å². The number of unbranched alkanes of at least 4 members (excludes halogenated alkanes) is 3. The molecule has 0 aliphatic carbocycles. The molecule has 100 valence electrons. The highest BCUT2D eigenvalue weighted by Gasteiger charge is 2.08. The van der Waals surface area contributed by atoms with Crippen LogP contribution in [0.1, 0.15) is 46.0 Å². The van der Waals surface area contributed by atoms with Gasteiger partial charge in [-0.2, -0.15) is 0 Å². The van der Waals surface area contributed by atoms with Crippen molar-refractivity contribution >= 4 is 11.6 Å². The molecular formula is C12H20N4O2. The number of hydrogen-bond acceptors (Lipinski definition) is 5. The molecule has 18 heavy (non-hydrogen) atoms. The van der Waals surface area contributed by atoms with E-state index in [1.54, 1.807) is 0 Å². The Morgan fingerprint density at radius 3 is 2.56 bits per heavy atom. The van der Waals surface area contributed by atoms with E-state index in [1.807, 2.05) is 0 Å². The van der Waals surface area contributed by atoms with Gasteiger partial charge in [0.2, 0.25) is 5.95 Å². The van der Waals surface area contributed by atoms with Gasteiger partial charge < -0.3 is 5.32 Å². The van der Waals surface area contributed by atoms with Crippen molar-refractivity contribution in [2.75, 3.05) is 5.32 Å². The van der Waals surface area contributed by atoms with Crippen LogP contribution >= 0.6 is 0 Å². The number of anilines is 1. The lowest BCUT2D eigenvalue weighted by atomic mass is 10.1. The van der Waals surface area contributed by atoms with Crippen molar-refractivity contribution in [3.8, 4) is 0 Å². The molecule has 1 atom stereocenters. The SMILES string of the molecule is CCCCCCC(C)Nc1ncc([N+](=O)[O-])cn1. The molecule has 1 N–H and O–H groups in total. The average molecular weight is 252 g/mol. The highest BCUT2D eigenvalue weighted by Crippen LogP contribution is 2.11. The number of aromatic nitrogens is 2. The first-order valence-corrected chi connectivity index (χ1v) is 6.36. The zero-order valence-corrected chi connectivity index (χ0v) is 10.9. The Hall–Kier alpha value is -1.72. The molecular weight excluding hydrogens is 232 g/mol. The summed E-state index contributed by atoms with van der Waals surface area (Å²) in [5.41, 5.74) is -0.0869. The highest BCUT2D eigenvalue weighted by atomic mass is 16.6. The van der Waals surface area contributed by atoms with Crippen LogP contribution in [-0.2, 0) is 0 Å². The normalized spacial score (nSPS) is 12.1. The largest absolute Gasteiger partial charge is 0.352 e. The number of rotatable bonds is 8. The summed E-state index contributed by atoms with van der Waals surface area (Å²) in [6.45, 7) is 4.25. The Balaban J connectivity index is 2.35. The topological polar surface area (TPSA) is 81.0 Å². The molecule has 6 nitrogen and oxygen atoms in total. The molecule has 0 spiro atoms. The summed E-state index contributed by atoms with van der Waals surface area (Å²) < 4.78 is 0. The van der Waals surface area contributed by atoms with Crippen LogP contribution in [-0.4, -0.2) is 20.9 Å². The van der Waals surface area contributed by atoms with Crippen LogP contribution < -0.4 is 5.32 Å². The zero-order valence-electron chi connectivity index (χ0n) is 10.9. The molecule has 0 bridgehead atoms. The number of nitro groups is 1. The molecule has 0 aliphatic rings. The van der Waals surface area contributed by atoms with Crippen molar-refractivity contribution in [1.82, 2.24) is 9.97 Å². The van der Waals surface area contributed by atoms with Crippen LogP contribution in [0, 0.1) is 10.1 Å². The lowest BCUT2D eigenvalue weighted by Gasteiger charge is -2.12. The molecule has 0 radical (unpaired) electrons. The van der Waals surface area contributed by atoms with E-state index in [0.29, 0.717) is 5.95 Å². The quantitative estimate of drug-likeness (QED) is 0.436. The smallest absolute Gasteiger partial charge is 0.305 e. The fraction of sp³-hybridized carbons (Fsp3) is 0.667. The molecule has 0 fully saturated rings. The van der Waals surface area contributed by atoms with Gasteiger partial charge in [0, 0.05) is 6.04 Å². The molecule has 0 aliphatic heterocycles. The third-order valence-electron chi connectivity index (χ3n) is 2.72. The maximum atomic E-state index is 10.4. The van der Waals surface area contributed by atoms with Gasteiger partial charge in [-0.05, 0) is 13.3 Å². The summed E-state index contributed by atoms with van der Waals surface area (Å²) in [6.07, 6.45) is 8.41. The Labute approximate surface area is 107 Å². The molecule has 1 aromatic rings. The summed E-state index contributed by atoms with van der Waals surface area (Å²) in [6, 6.07) is 0.281. The van der Waals surface area contributed by atoms with Gasteiger partial charge in [0.15, 0.2) is 0 Å². The van der Waals surface area contributed by atoms with E-state index in [0.717, 1.165) is 6.42 Å². The van der Waals surface area contributed by atoms with Crippen molar-refractivity contribution in [3.63, 3.8) is 0 Å². The predicted molar refractivity (Wildman–Crippen MR) is 70.5 cm³/mol. The first-order chi connectivity index (χ1) is 8.63. The summed E-state index contributed by atoms with van der Waals surface area (Å²) >= 11 is 0. The molecule has 1 heterocycles. The Morgan fingerprint density at radius 2 is 2.00 bits per heavy atom. The van der Waals surface area contributed by atoms with Gasteiger partial charge in [0.1, 0.15) is 12.4 Å². The summed E-state index contributed by atoms with van der Waals surface area (Å²) in [5, 5.41) is 13.6. The van der Waals surface area contributed by atoms with Gasteiger partial charge in [-0.3, -0.25) is 10.1 Å². The predicted octanol–water partition coefficient (Wildman–Crippen LogP) is 3.16. The monoisotopic (exact) mass is 252 g/mol. The molecule has 0 saturated heterocycles. The molecule has 6 heteroatoms. The Bertz CT molecular complexity index is 367. The van der Waals surface area contributed by atoms with Crippen molar-refractivity contribution in [1.29, 1.82) is 0 Å². The van der Waals surface area contributed by atoms with E-state index in [-0.39, 0.29) is 11.7 Å². The van der Waals surface area contributed by atoms with Gasteiger partial charge in [0.05, 0.1) is 4.92 Å². The van der Waals surface area contributed by atoms with E-state index in [4.69, 9.17) is 0 Å². The molecule has 0 saturated carbocycles. The number of nitrogens with zero attached hydrogens (tertiary/aromatic N) is 3. The van der Waals surface area contributed by atoms with E-state index >= 15 is 0 Å². The second-order valence-electron chi connectivity index (χ2n) is 4.42. The summed E-state index contributed by atoms with van der Waals surface area (Å²) in [7, 11) is 0. The first kappa shape index (κ1) is 14.3. The highest BCUT2D eigenvalue weighted by molar-refractivity contribution is 5.31. The summed E-state index contributed by atoms with van der Waals surface area (Å²) in [4.78, 5) is 17.8. The second kappa shape index (κ2) is 7.58. The van der Waals surface area contributed by atoms with Crippen LogP contribution in [0.15, 0.2) is 12.4 Å². The van der Waals surface area contributed by atoms with Gasteiger partial charge in [-0.1, -0.05) is 32.6 Å². The number of hydrogen-bond donors (Lipinski definition) is 1. The van der Waals surface area contributed by atoms with Gasteiger partial charge in [0.25, 0.3) is 0 Å². The minimum atomic E-state index is -0.502. The van der Waals surface area contributed by atoms with Gasteiger partial charge in [-0.25, -0.2) is 9.97 Å². The van der Waals surface area contributed by atoms with E-state index in [9.17, 15) is 10.1 Å². The Kier molecular flexibility index (Phi) is 6.04. The van der Waals surface area contributed by atoms with Crippen LogP contribution in [0.25, 0.3) is 0 Å². The van der Waals surface area contributed by atoms with Crippen LogP contribution in [0.5, 0.6) is 0 Å². The lowest BCUT2D eigenvalue weighted by molar-refractivity contribution is -0.385. The van der Waals surface area contributed by atoms with Crippen molar-refractivity contribution in [3.05, 3.63) is 22.5 Å². The molecule has 1 unspecified atom stereocenters. The van der Waals surface area contributed by atoms with Crippen LogP contribution in [0.4, 0.5) is 11.6 Å². The maximum Gasteiger partial charge on any atom is 0.305 e. The Morgan fingerprint density at radius 1 is 1.33 bits per heavy atom. The van der Waals surface area contributed by atoms with Gasteiger partial charge >= 0.3 is 5.69 Å². The fourth-order valence-electron chi connectivity index (χ4n) is 1.66. The molecule has 0 aromatic carbocycles. The first-order valence-electron chi connectivity index (χ1n) is 6.36. The third-order valence-corrected chi connectivity index (χ3v) is 2.72. The fourth-order valence-corrected chi connectivity index (χ4v) is 1.66. The minimum Gasteiger partial charge on any atom is -0.352 e. The van der Waals surface area contributed by atoms with Crippen molar-refractivity contribution < 1.29 is 4.92 Å². The standard InChI is InChI=1S/C12H20N4O2/c1-3-4-5-6-7-10(2)15-12-13-8-11(9-14-12)16(17)18/h8-10H,3-7H2,1-2H3,(H,13,14,15). The third kappa shape index (κ3) is 5.07. The van der Waals surface area contributed by atoms with Crippen LogP contribution in [0.3, 0.4) is 0 Å². The molecule has 0 amide bonds. The van der Waals surface area contributed by atoms with Gasteiger partial charge in [-0.15, -0.1) is 0 Å². The van der Waals surface area contributed by atoms with Crippen LogP contribution in [0.2, 0.25) is 0 Å².